The molecule has 1 aliphatic rings. The number of hydrogen-bond donors (Lipinski definition) is 2. The van der Waals surface area contributed by atoms with Gasteiger partial charge in [-0.05, 0) is 38.0 Å². The number of aliphatic carboxylic acids is 1. The summed E-state index contributed by atoms with van der Waals surface area (Å²) in [4.78, 5) is 11.2. The Hall–Kier alpha value is -0.570. The maximum atomic E-state index is 11.2. The SMILES string of the molecule is CCC(O)CC1(C(=O)O)CCC(C)C1. The maximum absolute atomic E-state index is 11.2. The van der Waals surface area contributed by atoms with Crippen LogP contribution in [0.2, 0.25) is 0 Å². The second-order valence-electron chi connectivity index (χ2n) is 4.70. The fourth-order valence-electron chi connectivity index (χ4n) is 2.46. The Bertz CT molecular complexity index is 215. The van der Waals surface area contributed by atoms with Crippen LogP contribution < -0.4 is 0 Å². The Morgan fingerprint density at radius 1 is 1.64 bits per heavy atom. The molecule has 0 bridgehead atoms. The van der Waals surface area contributed by atoms with Crippen molar-refractivity contribution in [3.63, 3.8) is 0 Å². The van der Waals surface area contributed by atoms with E-state index in [1.54, 1.807) is 0 Å². The molecule has 0 saturated heterocycles. The quantitative estimate of drug-likeness (QED) is 0.730. The van der Waals surface area contributed by atoms with Crippen LogP contribution in [0.1, 0.15) is 46.0 Å². The van der Waals surface area contributed by atoms with Gasteiger partial charge in [0, 0.05) is 0 Å². The molecule has 1 aliphatic carbocycles. The van der Waals surface area contributed by atoms with Crippen LogP contribution in [-0.2, 0) is 4.79 Å². The molecule has 2 N–H and O–H groups in total. The topological polar surface area (TPSA) is 57.5 Å². The van der Waals surface area contributed by atoms with E-state index in [0.717, 1.165) is 19.3 Å². The third-order valence-electron chi connectivity index (χ3n) is 3.41. The summed E-state index contributed by atoms with van der Waals surface area (Å²) in [5, 5.41) is 18.8. The minimum Gasteiger partial charge on any atom is -0.481 e. The first-order chi connectivity index (χ1) is 6.50. The van der Waals surface area contributed by atoms with Crippen LogP contribution in [0.15, 0.2) is 0 Å². The first-order valence-corrected chi connectivity index (χ1v) is 5.41. The van der Waals surface area contributed by atoms with Gasteiger partial charge < -0.3 is 10.2 Å². The zero-order chi connectivity index (χ0) is 10.8. The van der Waals surface area contributed by atoms with Gasteiger partial charge in [-0.25, -0.2) is 0 Å². The van der Waals surface area contributed by atoms with Crippen LogP contribution >= 0.6 is 0 Å². The summed E-state index contributed by atoms with van der Waals surface area (Å²) in [6.07, 6.45) is 3.02. The lowest BCUT2D eigenvalue weighted by atomic mass is 9.79. The van der Waals surface area contributed by atoms with Crippen molar-refractivity contribution in [2.75, 3.05) is 0 Å². The van der Waals surface area contributed by atoms with Gasteiger partial charge in [0.25, 0.3) is 0 Å². The zero-order valence-corrected chi connectivity index (χ0v) is 8.99. The Balaban J connectivity index is 2.68. The Labute approximate surface area is 85.1 Å². The number of carboxylic acid groups (broad SMARTS) is 1. The van der Waals surface area contributed by atoms with Gasteiger partial charge in [0.2, 0.25) is 0 Å². The summed E-state index contributed by atoms with van der Waals surface area (Å²) >= 11 is 0. The van der Waals surface area contributed by atoms with E-state index in [0.29, 0.717) is 18.8 Å². The lowest BCUT2D eigenvalue weighted by Gasteiger charge is -2.26. The summed E-state index contributed by atoms with van der Waals surface area (Å²) in [5.74, 6) is -0.246. The molecule has 1 rings (SSSR count). The van der Waals surface area contributed by atoms with Crippen LogP contribution in [0.5, 0.6) is 0 Å². The van der Waals surface area contributed by atoms with E-state index in [4.69, 9.17) is 0 Å². The van der Waals surface area contributed by atoms with E-state index in [2.05, 4.69) is 6.92 Å². The minimum atomic E-state index is -0.727. The van der Waals surface area contributed by atoms with E-state index in [1.807, 2.05) is 6.92 Å². The van der Waals surface area contributed by atoms with Gasteiger partial charge in [-0.3, -0.25) is 4.79 Å². The number of rotatable bonds is 4. The van der Waals surface area contributed by atoms with Crippen LogP contribution in [0, 0.1) is 11.3 Å². The first-order valence-electron chi connectivity index (χ1n) is 5.41. The lowest BCUT2D eigenvalue weighted by molar-refractivity contribution is -0.150. The first kappa shape index (κ1) is 11.5. The summed E-state index contributed by atoms with van der Waals surface area (Å²) in [6.45, 7) is 3.97. The molecule has 0 aromatic heterocycles. The van der Waals surface area contributed by atoms with Crippen molar-refractivity contribution in [2.24, 2.45) is 11.3 Å². The predicted octanol–water partition coefficient (Wildman–Crippen LogP) is 2.04. The number of hydrogen-bond acceptors (Lipinski definition) is 2. The number of aliphatic hydroxyl groups excluding tert-OH is 1. The van der Waals surface area contributed by atoms with Gasteiger partial charge in [-0.15, -0.1) is 0 Å². The van der Waals surface area contributed by atoms with Crippen LogP contribution in [0.25, 0.3) is 0 Å². The molecule has 3 atom stereocenters. The second-order valence-corrected chi connectivity index (χ2v) is 4.70. The van der Waals surface area contributed by atoms with E-state index in [1.165, 1.54) is 0 Å². The van der Waals surface area contributed by atoms with Crippen molar-refractivity contribution in [3.05, 3.63) is 0 Å². The van der Waals surface area contributed by atoms with E-state index in [9.17, 15) is 15.0 Å². The highest BCUT2D eigenvalue weighted by Gasteiger charge is 2.44. The summed E-state index contributed by atoms with van der Waals surface area (Å²) < 4.78 is 0. The molecular weight excluding hydrogens is 180 g/mol. The normalized spacial score (nSPS) is 34.4. The smallest absolute Gasteiger partial charge is 0.309 e. The molecule has 0 aromatic rings. The third-order valence-corrected chi connectivity index (χ3v) is 3.41. The average Bonchev–Trinajstić information content (AvgIpc) is 2.48. The molecule has 0 aromatic carbocycles. The predicted molar refractivity (Wildman–Crippen MR) is 54.0 cm³/mol. The third kappa shape index (κ3) is 2.27. The summed E-state index contributed by atoms with van der Waals surface area (Å²) in [5.41, 5.74) is -0.644. The van der Waals surface area contributed by atoms with Crippen LogP contribution in [0.4, 0.5) is 0 Å². The highest BCUT2D eigenvalue weighted by molar-refractivity contribution is 5.75. The standard InChI is InChI=1S/C11H20O3/c1-3-9(12)7-11(10(13)14)5-4-8(2)6-11/h8-9,12H,3-7H2,1-2H3,(H,13,14). The van der Waals surface area contributed by atoms with Crippen molar-refractivity contribution in [3.8, 4) is 0 Å². The van der Waals surface area contributed by atoms with Gasteiger partial charge in [-0.1, -0.05) is 13.8 Å². The molecular formula is C11H20O3. The molecule has 3 unspecified atom stereocenters. The molecule has 3 nitrogen and oxygen atoms in total. The van der Waals surface area contributed by atoms with Crippen LogP contribution in [0.3, 0.4) is 0 Å². The molecule has 0 heterocycles. The molecule has 1 saturated carbocycles. The fraction of sp³-hybridized carbons (Fsp3) is 0.909. The van der Waals surface area contributed by atoms with Gasteiger partial charge in [0.05, 0.1) is 11.5 Å². The Morgan fingerprint density at radius 3 is 2.64 bits per heavy atom. The monoisotopic (exact) mass is 200 g/mol. The highest BCUT2D eigenvalue weighted by Crippen LogP contribution is 2.45. The number of aliphatic hydroxyl groups is 1. The van der Waals surface area contributed by atoms with Gasteiger partial charge in [-0.2, -0.15) is 0 Å². The van der Waals surface area contributed by atoms with Crippen molar-refractivity contribution >= 4 is 5.97 Å². The fourth-order valence-corrected chi connectivity index (χ4v) is 2.46. The van der Waals surface area contributed by atoms with Gasteiger partial charge >= 0.3 is 5.97 Å². The molecule has 0 spiro atoms. The molecule has 1 fully saturated rings. The largest absolute Gasteiger partial charge is 0.481 e. The van der Waals surface area contributed by atoms with Crippen molar-refractivity contribution < 1.29 is 15.0 Å². The second kappa shape index (κ2) is 4.30. The molecule has 0 radical (unpaired) electrons. The van der Waals surface area contributed by atoms with Crippen LogP contribution in [-0.4, -0.2) is 22.3 Å². The van der Waals surface area contributed by atoms with Crippen molar-refractivity contribution in [2.45, 2.75) is 52.1 Å². The summed E-state index contributed by atoms with van der Waals surface area (Å²) in [6, 6.07) is 0. The molecule has 14 heavy (non-hydrogen) atoms. The number of carbonyl (C=O) groups is 1. The Kier molecular flexibility index (Phi) is 3.53. The Morgan fingerprint density at radius 2 is 2.29 bits per heavy atom. The van der Waals surface area contributed by atoms with Gasteiger partial charge in [0.1, 0.15) is 0 Å². The average molecular weight is 200 g/mol. The number of carboxylic acids is 1. The maximum Gasteiger partial charge on any atom is 0.309 e. The molecule has 82 valence electrons. The zero-order valence-electron chi connectivity index (χ0n) is 8.99. The van der Waals surface area contributed by atoms with E-state index < -0.39 is 17.5 Å². The molecule has 3 heteroatoms. The van der Waals surface area contributed by atoms with Gasteiger partial charge in [0.15, 0.2) is 0 Å². The highest BCUT2D eigenvalue weighted by atomic mass is 16.4. The summed E-state index contributed by atoms with van der Waals surface area (Å²) in [7, 11) is 0. The van der Waals surface area contributed by atoms with E-state index in [-0.39, 0.29) is 0 Å². The molecule has 0 amide bonds. The van der Waals surface area contributed by atoms with E-state index >= 15 is 0 Å². The lowest BCUT2D eigenvalue weighted by Crippen LogP contribution is -2.32. The molecule has 0 aliphatic heterocycles. The van der Waals surface area contributed by atoms with Crippen molar-refractivity contribution in [1.82, 2.24) is 0 Å². The minimum absolute atomic E-state index is 0.420. The van der Waals surface area contributed by atoms with Crippen molar-refractivity contribution in [1.29, 1.82) is 0 Å².